The van der Waals surface area contributed by atoms with Gasteiger partial charge < -0.3 is 15.4 Å². The molecule has 0 spiro atoms. The first kappa shape index (κ1) is 23.5. The van der Waals surface area contributed by atoms with Gasteiger partial charge in [0.2, 0.25) is 5.91 Å². The van der Waals surface area contributed by atoms with Crippen molar-refractivity contribution in [3.05, 3.63) is 77.0 Å². The fraction of sp³-hybridized carbons (Fsp3) is 0.231. The molecule has 1 unspecified atom stereocenters. The monoisotopic (exact) mass is 442 g/mol. The normalized spacial score (nSPS) is 11.2. The van der Waals surface area contributed by atoms with Crippen LogP contribution >= 0.6 is 0 Å². The largest absolute Gasteiger partial charge is 0.465 e. The van der Waals surface area contributed by atoms with E-state index in [2.05, 4.69) is 15.6 Å². The molecule has 33 heavy (non-hydrogen) atoms. The van der Waals surface area contributed by atoms with Crippen molar-refractivity contribution in [3.8, 4) is 17.2 Å². The molecule has 7 heteroatoms. The Morgan fingerprint density at radius 2 is 1.82 bits per heavy atom. The number of pyridine rings is 1. The summed E-state index contributed by atoms with van der Waals surface area (Å²) >= 11 is 0. The minimum absolute atomic E-state index is 0.114. The van der Waals surface area contributed by atoms with Crippen LogP contribution in [0.3, 0.4) is 0 Å². The highest BCUT2D eigenvalue weighted by molar-refractivity contribution is 5.98. The average molecular weight is 443 g/mol. The fourth-order valence-electron chi connectivity index (χ4n) is 3.64. The summed E-state index contributed by atoms with van der Waals surface area (Å²) in [6, 6.07) is 17.0. The van der Waals surface area contributed by atoms with Gasteiger partial charge in [0.05, 0.1) is 30.5 Å². The first-order valence-corrected chi connectivity index (χ1v) is 10.5. The third-order valence-electron chi connectivity index (χ3n) is 5.39. The van der Waals surface area contributed by atoms with E-state index in [4.69, 9.17) is 10.00 Å². The molecule has 0 aliphatic carbocycles. The van der Waals surface area contributed by atoms with Gasteiger partial charge in [-0.15, -0.1) is 0 Å². The van der Waals surface area contributed by atoms with Crippen LogP contribution in [0, 0.1) is 25.2 Å². The molecule has 2 aromatic carbocycles. The van der Waals surface area contributed by atoms with Crippen LogP contribution in [0.2, 0.25) is 0 Å². The summed E-state index contributed by atoms with van der Waals surface area (Å²) in [6.45, 7) is 5.83. The van der Waals surface area contributed by atoms with Gasteiger partial charge in [-0.1, -0.05) is 36.4 Å². The number of aryl methyl sites for hydroxylation is 2. The molecule has 7 nitrogen and oxygen atoms in total. The Bertz CT molecular complexity index is 1210. The number of esters is 1. The maximum atomic E-state index is 12.2. The number of aromatic nitrogens is 1. The zero-order chi connectivity index (χ0) is 24.0. The molecule has 1 amide bonds. The Morgan fingerprint density at radius 3 is 2.48 bits per heavy atom. The molecule has 3 aromatic rings. The van der Waals surface area contributed by atoms with Crippen molar-refractivity contribution in [2.24, 2.45) is 0 Å². The standard InChI is InChI=1S/C26H26N4O3/c1-16-6-5-7-21(26(32)33-4)23(16)20-10-8-19(9-11-20)18(3)29-25-24(17(2)13-15-28-25)30-22(31)12-14-27/h5-11,13,15,18H,12H2,1-4H3,(H,28,29)(H,30,31). The Balaban J connectivity index is 1.86. The summed E-state index contributed by atoms with van der Waals surface area (Å²) in [7, 11) is 1.38. The van der Waals surface area contributed by atoms with E-state index in [0.29, 0.717) is 17.1 Å². The molecule has 0 saturated heterocycles. The van der Waals surface area contributed by atoms with E-state index < -0.39 is 0 Å². The van der Waals surface area contributed by atoms with Crippen LogP contribution in [0.5, 0.6) is 0 Å². The van der Waals surface area contributed by atoms with Crippen LogP contribution in [-0.2, 0) is 9.53 Å². The number of nitriles is 1. The van der Waals surface area contributed by atoms with Gasteiger partial charge in [0.15, 0.2) is 5.82 Å². The Labute approximate surface area is 193 Å². The molecule has 1 heterocycles. The SMILES string of the molecule is COC(=O)c1cccc(C)c1-c1ccc(C(C)Nc2nccc(C)c2NC(=O)CC#N)cc1. The van der Waals surface area contributed by atoms with Crippen molar-refractivity contribution in [1.82, 2.24) is 4.98 Å². The van der Waals surface area contributed by atoms with E-state index >= 15 is 0 Å². The van der Waals surface area contributed by atoms with E-state index in [1.165, 1.54) is 7.11 Å². The van der Waals surface area contributed by atoms with Gasteiger partial charge in [-0.25, -0.2) is 9.78 Å². The lowest BCUT2D eigenvalue weighted by molar-refractivity contribution is -0.115. The van der Waals surface area contributed by atoms with E-state index in [1.807, 2.05) is 63.2 Å². The first-order valence-electron chi connectivity index (χ1n) is 10.5. The molecule has 1 aromatic heterocycles. The number of benzene rings is 2. The first-order chi connectivity index (χ1) is 15.8. The zero-order valence-electron chi connectivity index (χ0n) is 19.1. The number of methoxy groups -OCH3 is 1. The number of nitrogens with zero attached hydrogens (tertiary/aromatic N) is 2. The van der Waals surface area contributed by atoms with Crippen molar-refractivity contribution in [2.45, 2.75) is 33.2 Å². The predicted molar refractivity (Wildman–Crippen MR) is 128 cm³/mol. The van der Waals surface area contributed by atoms with Crippen molar-refractivity contribution in [2.75, 3.05) is 17.7 Å². The van der Waals surface area contributed by atoms with Crippen molar-refractivity contribution < 1.29 is 14.3 Å². The van der Waals surface area contributed by atoms with Gasteiger partial charge in [-0.05, 0) is 60.7 Å². The van der Waals surface area contributed by atoms with Crippen LogP contribution in [-0.4, -0.2) is 24.0 Å². The lowest BCUT2D eigenvalue weighted by Crippen LogP contribution is -2.16. The van der Waals surface area contributed by atoms with Crippen LogP contribution in [0.15, 0.2) is 54.7 Å². The van der Waals surface area contributed by atoms with E-state index in [1.54, 1.807) is 18.3 Å². The topological polar surface area (TPSA) is 104 Å². The summed E-state index contributed by atoms with van der Waals surface area (Å²) in [6.07, 6.45) is 1.44. The number of anilines is 2. The van der Waals surface area contributed by atoms with Crippen LogP contribution in [0.1, 0.15) is 46.4 Å². The van der Waals surface area contributed by atoms with Crippen LogP contribution < -0.4 is 10.6 Å². The summed E-state index contributed by atoms with van der Waals surface area (Å²) < 4.78 is 4.94. The highest BCUT2D eigenvalue weighted by Gasteiger charge is 2.17. The summed E-state index contributed by atoms with van der Waals surface area (Å²) in [5.74, 6) is -0.220. The van der Waals surface area contributed by atoms with Crippen LogP contribution in [0.4, 0.5) is 11.5 Å². The van der Waals surface area contributed by atoms with Crippen molar-refractivity contribution in [1.29, 1.82) is 5.26 Å². The third kappa shape index (κ3) is 5.36. The van der Waals surface area contributed by atoms with Gasteiger partial charge in [-0.3, -0.25) is 4.79 Å². The minimum atomic E-state index is -0.381. The molecule has 0 saturated carbocycles. The smallest absolute Gasteiger partial charge is 0.338 e. The number of hydrogen-bond donors (Lipinski definition) is 2. The Hall–Kier alpha value is -4.18. The number of nitrogens with one attached hydrogen (secondary N) is 2. The number of carbonyl (C=O) groups excluding carboxylic acids is 2. The van der Waals surface area contributed by atoms with Gasteiger partial charge in [0, 0.05) is 6.20 Å². The molecular formula is C26H26N4O3. The van der Waals surface area contributed by atoms with E-state index in [-0.39, 0.29) is 24.3 Å². The molecular weight excluding hydrogens is 416 g/mol. The Kier molecular flexibility index (Phi) is 7.42. The molecule has 0 radical (unpaired) electrons. The highest BCUT2D eigenvalue weighted by Crippen LogP contribution is 2.31. The summed E-state index contributed by atoms with van der Waals surface area (Å²) in [5, 5.41) is 14.9. The molecule has 3 rings (SSSR count). The number of hydrogen-bond acceptors (Lipinski definition) is 6. The lowest BCUT2D eigenvalue weighted by atomic mass is 9.93. The number of amides is 1. The average Bonchev–Trinajstić information content (AvgIpc) is 2.81. The third-order valence-corrected chi connectivity index (χ3v) is 5.39. The molecule has 0 fully saturated rings. The molecule has 168 valence electrons. The second-order valence-corrected chi connectivity index (χ2v) is 7.71. The van der Waals surface area contributed by atoms with Gasteiger partial charge in [0.1, 0.15) is 6.42 Å². The molecule has 0 aliphatic heterocycles. The summed E-state index contributed by atoms with van der Waals surface area (Å²) in [4.78, 5) is 28.6. The van der Waals surface area contributed by atoms with Gasteiger partial charge in [0.25, 0.3) is 0 Å². The predicted octanol–water partition coefficient (Wildman–Crippen LogP) is 5.18. The molecule has 1 atom stereocenters. The van der Waals surface area contributed by atoms with Crippen molar-refractivity contribution >= 4 is 23.4 Å². The summed E-state index contributed by atoms with van der Waals surface area (Å²) in [5.41, 5.74) is 5.68. The maximum Gasteiger partial charge on any atom is 0.338 e. The maximum absolute atomic E-state index is 12.2. The zero-order valence-corrected chi connectivity index (χ0v) is 19.1. The van der Waals surface area contributed by atoms with Crippen molar-refractivity contribution in [3.63, 3.8) is 0 Å². The second-order valence-electron chi connectivity index (χ2n) is 7.71. The van der Waals surface area contributed by atoms with Gasteiger partial charge >= 0.3 is 5.97 Å². The lowest BCUT2D eigenvalue weighted by Gasteiger charge is -2.19. The molecule has 0 bridgehead atoms. The minimum Gasteiger partial charge on any atom is -0.465 e. The highest BCUT2D eigenvalue weighted by atomic mass is 16.5. The van der Waals surface area contributed by atoms with E-state index in [9.17, 15) is 9.59 Å². The molecule has 2 N–H and O–H groups in total. The van der Waals surface area contributed by atoms with E-state index in [0.717, 1.165) is 27.8 Å². The Morgan fingerprint density at radius 1 is 1.09 bits per heavy atom. The number of carbonyl (C=O) groups is 2. The quantitative estimate of drug-likeness (QED) is 0.489. The second kappa shape index (κ2) is 10.4. The van der Waals surface area contributed by atoms with Crippen LogP contribution in [0.25, 0.3) is 11.1 Å². The molecule has 0 aliphatic rings. The number of ether oxygens (including phenoxy) is 1. The fourth-order valence-corrected chi connectivity index (χ4v) is 3.64. The van der Waals surface area contributed by atoms with Gasteiger partial charge in [-0.2, -0.15) is 5.26 Å². The number of rotatable bonds is 7.